The van der Waals surface area contributed by atoms with Crippen molar-refractivity contribution in [2.24, 2.45) is 5.92 Å². The number of carboxylic acids is 1. The zero-order valence-electron chi connectivity index (χ0n) is 7.86. The summed E-state index contributed by atoms with van der Waals surface area (Å²) in [6.45, 7) is 3.97. The molecule has 0 amide bonds. The van der Waals surface area contributed by atoms with Crippen molar-refractivity contribution in [2.75, 3.05) is 0 Å². The topological polar surface area (TPSA) is 37.3 Å². The molecule has 0 aliphatic heterocycles. The third-order valence-corrected chi connectivity index (χ3v) is 2.57. The molecule has 1 saturated carbocycles. The first-order valence-electron chi connectivity index (χ1n) is 4.71. The van der Waals surface area contributed by atoms with E-state index in [1.165, 1.54) is 0 Å². The monoisotopic (exact) mass is 188 g/mol. The lowest BCUT2D eigenvalue weighted by atomic mass is 9.98. The van der Waals surface area contributed by atoms with Crippen molar-refractivity contribution in [1.29, 1.82) is 0 Å². The second-order valence-electron chi connectivity index (χ2n) is 3.65. The van der Waals surface area contributed by atoms with Crippen LogP contribution in [0.4, 0.5) is 0 Å². The quantitative estimate of drug-likeness (QED) is 0.791. The van der Waals surface area contributed by atoms with Crippen LogP contribution in [-0.4, -0.2) is 11.1 Å². The van der Waals surface area contributed by atoms with E-state index in [-0.39, 0.29) is 0 Å². The number of allylic oxidation sites excluding steroid dienone is 1. The SMILES string of the molecule is C=C(c1ccccc1C(=O)O)C1CC1. The minimum atomic E-state index is -0.873. The number of rotatable bonds is 3. The van der Waals surface area contributed by atoms with Crippen molar-refractivity contribution in [3.63, 3.8) is 0 Å². The van der Waals surface area contributed by atoms with Gasteiger partial charge in [0.25, 0.3) is 0 Å². The normalized spacial score (nSPS) is 15.1. The first-order valence-corrected chi connectivity index (χ1v) is 4.71. The van der Waals surface area contributed by atoms with Crippen LogP contribution in [0.3, 0.4) is 0 Å². The summed E-state index contributed by atoms with van der Waals surface area (Å²) in [7, 11) is 0. The maximum absolute atomic E-state index is 10.9. The van der Waals surface area contributed by atoms with E-state index in [9.17, 15) is 4.79 Å². The molecule has 0 bridgehead atoms. The van der Waals surface area contributed by atoms with Gasteiger partial charge in [0.05, 0.1) is 5.56 Å². The van der Waals surface area contributed by atoms with Gasteiger partial charge in [-0.2, -0.15) is 0 Å². The smallest absolute Gasteiger partial charge is 0.336 e. The van der Waals surface area contributed by atoms with E-state index in [2.05, 4.69) is 6.58 Å². The van der Waals surface area contributed by atoms with E-state index in [1.807, 2.05) is 12.1 Å². The molecule has 1 N–H and O–H groups in total. The Balaban J connectivity index is 2.40. The van der Waals surface area contributed by atoms with Gasteiger partial charge in [-0.05, 0) is 36.0 Å². The number of hydrogen-bond acceptors (Lipinski definition) is 1. The summed E-state index contributed by atoms with van der Waals surface area (Å²) in [6, 6.07) is 7.07. The molecule has 1 aliphatic rings. The van der Waals surface area contributed by atoms with Gasteiger partial charge in [-0.15, -0.1) is 0 Å². The zero-order valence-corrected chi connectivity index (χ0v) is 7.86. The molecule has 0 unspecified atom stereocenters. The van der Waals surface area contributed by atoms with Crippen molar-refractivity contribution in [1.82, 2.24) is 0 Å². The van der Waals surface area contributed by atoms with Crippen LogP contribution in [-0.2, 0) is 0 Å². The Hall–Kier alpha value is -1.57. The summed E-state index contributed by atoms with van der Waals surface area (Å²) in [5.74, 6) is -0.363. The highest BCUT2D eigenvalue weighted by molar-refractivity contribution is 5.94. The Morgan fingerprint density at radius 1 is 1.29 bits per heavy atom. The Morgan fingerprint density at radius 2 is 1.86 bits per heavy atom. The second kappa shape index (κ2) is 3.29. The molecule has 2 rings (SSSR count). The Kier molecular flexibility index (Phi) is 2.12. The van der Waals surface area contributed by atoms with Crippen LogP contribution >= 0.6 is 0 Å². The van der Waals surface area contributed by atoms with E-state index in [4.69, 9.17) is 5.11 Å². The molecule has 0 atom stereocenters. The lowest BCUT2D eigenvalue weighted by molar-refractivity contribution is 0.0696. The van der Waals surface area contributed by atoms with Crippen molar-refractivity contribution in [3.8, 4) is 0 Å². The Bertz CT molecular complexity index is 389. The van der Waals surface area contributed by atoms with Gasteiger partial charge >= 0.3 is 5.97 Å². The van der Waals surface area contributed by atoms with Crippen molar-refractivity contribution in [2.45, 2.75) is 12.8 Å². The fourth-order valence-electron chi connectivity index (χ4n) is 1.60. The minimum Gasteiger partial charge on any atom is -0.478 e. The minimum absolute atomic E-state index is 0.365. The molecular formula is C12H12O2. The molecule has 1 aliphatic carbocycles. The summed E-state index contributed by atoms with van der Waals surface area (Å²) in [5.41, 5.74) is 2.13. The molecule has 0 heterocycles. The molecule has 0 aromatic heterocycles. The van der Waals surface area contributed by atoms with Crippen molar-refractivity contribution < 1.29 is 9.90 Å². The number of carboxylic acid groups (broad SMARTS) is 1. The van der Waals surface area contributed by atoms with Crippen LogP contribution in [0.5, 0.6) is 0 Å². The summed E-state index contributed by atoms with van der Waals surface area (Å²) in [5, 5.41) is 8.98. The molecule has 1 fully saturated rings. The van der Waals surface area contributed by atoms with Gasteiger partial charge in [-0.3, -0.25) is 0 Å². The Labute approximate surface area is 82.9 Å². The highest BCUT2D eigenvalue weighted by Crippen LogP contribution is 2.41. The highest BCUT2D eigenvalue weighted by atomic mass is 16.4. The maximum Gasteiger partial charge on any atom is 0.336 e. The standard InChI is InChI=1S/C12H12O2/c1-8(9-6-7-9)10-4-2-3-5-11(10)12(13)14/h2-5,9H,1,6-7H2,(H,13,14). The molecule has 0 saturated heterocycles. The average molecular weight is 188 g/mol. The molecule has 1 aromatic carbocycles. The summed E-state index contributed by atoms with van der Waals surface area (Å²) >= 11 is 0. The summed E-state index contributed by atoms with van der Waals surface area (Å²) in [6.07, 6.45) is 2.29. The van der Waals surface area contributed by atoms with Gasteiger partial charge in [0.1, 0.15) is 0 Å². The molecule has 0 spiro atoms. The van der Waals surface area contributed by atoms with E-state index in [0.717, 1.165) is 24.0 Å². The fourth-order valence-corrected chi connectivity index (χ4v) is 1.60. The molecule has 1 aromatic rings. The van der Waals surface area contributed by atoms with Crippen LogP contribution < -0.4 is 0 Å². The van der Waals surface area contributed by atoms with Crippen LogP contribution in [0.15, 0.2) is 30.8 Å². The number of aromatic carboxylic acids is 1. The largest absolute Gasteiger partial charge is 0.478 e. The lowest BCUT2D eigenvalue weighted by Crippen LogP contribution is -2.01. The Morgan fingerprint density at radius 3 is 2.36 bits per heavy atom. The number of hydrogen-bond donors (Lipinski definition) is 1. The second-order valence-corrected chi connectivity index (χ2v) is 3.65. The number of carbonyl (C=O) groups is 1. The average Bonchev–Trinajstić information content (AvgIpc) is 3.00. The lowest BCUT2D eigenvalue weighted by Gasteiger charge is -2.07. The van der Waals surface area contributed by atoms with Crippen molar-refractivity contribution in [3.05, 3.63) is 42.0 Å². The van der Waals surface area contributed by atoms with Gasteiger partial charge in [-0.1, -0.05) is 24.8 Å². The van der Waals surface area contributed by atoms with E-state index in [0.29, 0.717) is 11.5 Å². The number of benzene rings is 1. The van der Waals surface area contributed by atoms with Gasteiger partial charge in [0.15, 0.2) is 0 Å². The summed E-state index contributed by atoms with van der Waals surface area (Å²) < 4.78 is 0. The predicted octanol–water partition coefficient (Wildman–Crippen LogP) is 2.81. The van der Waals surface area contributed by atoms with E-state index in [1.54, 1.807) is 12.1 Å². The molecule has 72 valence electrons. The van der Waals surface area contributed by atoms with Crippen LogP contribution in [0.1, 0.15) is 28.8 Å². The van der Waals surface area contributed by atoms with Gasteiger partial charge in [0, 0.05) is 0 Å². The zero-order chi connectivity index (χ0) is 10.1. The van der Waals surface area contributed by atoms with Crippen molar-refractivity contribution >= 4 is 11.5 Å². The molecule has 2 nitrogen and oxygen atoms in total. The summed E-state index contributed by atoms with van der Waals surface area (Å²) in [4.78, 5) is 10.9. The molecule has 0 radical (unpaired) electrons. The third kappa shape index (κ3) is 1.55. The maximum atomic E-state index is 10.9. The fraction of sp³-hybridized carbons (Fsp3) is 0.250. The molecular weight excluding hydrogens is 176 g/mol. The van der Waals surface area contributed by atoms with Gasteiger partial charge < -0.3 is 5.11 Å². The molecule has 2 heteroatoms. The first kappa shape index (κ1) is 9.00. The van der Waals surface area contributed by atoms with E-state index < -0.39 is 5.97 Å². The van der Waals surface area contributed by atoms with Gasteiger partial charge in [-0.25, -0.2) is 4.79 Å². The molecule has 14 heavy (non-hydrogen) atoms. The van der Waals surface area contributed by atoms with E-state index >= 15 is 0 Å². The predicted molar refractivity (Wildman–Crippen MR) is 55.2 cm³/mol. The van der Waals surface area contributed by atoms with Crippen LogP contribution in [0.2, 0.25) is 0 Å². The van der Waals surface area contributed by atoms with Gasteiger partial charge in [0.2, 0.25) is 0 Å². The van der Waals surface area contributed by atoms with Crippen LogP contribution in [0.25, 0.3) is 5.57 Å². The first-order chi connectivity index (χ1) is 6.70. The third-order valence-electron chi connectivity index (χ3n) is 2.57. The van der Waals surface area contributed by atoms with Crippen LogP contribution in [0, 0.1) is 5.92 Å². The highest BCUT2D eigenvalue weighted by Gasteiger charge is 2.27.